The van der Waals surface area contributed by atoms with Crippen LogP contribution in [0.15, 0.2) is 65.7 Å². The summed E-state index contributed by atoms with van der Waals surface area (Å²) in [5.74, 6) is 0.860. The molecule has 2 aromatic carbocycles. The van der Waals surface area contributed by atoms with Gasteiger partial charge in [-0.2, -0.15) is 0 Å². The van der Waals surface area contributed by atoms with Crippen LogP contribution in [0.5, 0.6) is 5.75 Å². The molecule has 1 atom stereocenters. The molecule has 37 heavy (non-hydrogen) atoms. The quantitative estimate of drug-likeness (QED) is 0.416. The minimum atomic E-state index is -0.300. The highest BCUT2D eigenvalue weighted by Gasteiger charge is 2.38. The summed E-state index contributed by atoms with van der Waals surface area (Å²) in [7, 11) is 1.62. The first kappa shape index (κ1) is 26.1. The maximum atomic E-state index is 13.6. The van der Waals surface area contributed by atoms with E-state index in [-0.39, 0.29) is 17.8 Å². The number of ether oxygens (including phenoxy) is 1. The van der Waals surface area contributed by atoms with Gasteiger partial charge in [0.05, 0.1) is 30.9 Å². The highest BCUT2D eigenvalue weighted by atomic mass is 19.1. The van der Waals surface area contributed by atoms with Crippen LogP contribution in [0.3, 0.4) is 0 Å². The van der Waals surface area contributed by atoms with Gasteiger partial charge in [0, 0.05) is 19.3 Å². The lowest BCUT2D eigenvalue weighted by molar-refractivity contribution is -0.124. The predicted octanol–water partition coefficient (Wildman–Crippen LogP) is 5.75. The Morgan fingerprint density at radius 2 is 1.78 bits per heavy atom. The topological polar surface area (TPSA) is 63.0 Å². The predicted molar refractivity (Wildman–Crippen MR) is 144 cm³/mol. The van der Waals surface area contributed by atoms with Gasteiger partial charge in [-0.15, -0.1) is 0 Å². The number of aliphatic imine (C=N–C) groups is 1. The molecule has 8 heteroatoms. The maximum Gasteiger partial charge on any atom is 0.279 e. The summed E-state index contributed by atoms with van der Waals surface area (Å²) in [6.45, 7) is 9.60. The highest BCUT2D eigenvalue weighted by molar-refractivity contribution is 6.14. The number of aryl methyl sites for hydroxylation is 1. The van der Waals surface area contributed by atoms with Gasteiger partial charge in [-0.1, -0.05) is 32.0 Å². The molecule has 5 rings (SSSR count). The van der Waals surface area contributed by atoms with Crippen molar-refractivity contribution >= 4 is 17.9 Å². The Labute approximate surface area is 217 Å². The van der Waals surface area contributed by atoms with E-state index in [0.717, 1.165) is 48.4 Å². The third-order valence-electron chi connectivity index (χ3n) is 6.50. The summed E-state index contributed by atoms with van der Waals surface area (Å²) < 4.78 is 21.0. The summed E-state index contributed by atoms with van der Waals surface area (Å²) >= 11 is 0. The van der Waals surface area contributed by atoms with Crippen molar-refractivity contribution in [2.24, 2.45) is 4.99 Å². The minimum absolute atomic E-state index is 0.169. The molecule has 7 nitrogen and oxygen atoms in total. The number of carbonyl (C=O) groups is 1. The molecule has 1 unspecified atom stereocenters. The van der Waals surface area contributed by atoms with E-state index < -0.39 is 0 Å². The molecule has 0 radical (unpaired) electrons. The Morgan fingerprint density at radius 1 is 1.08 bits per heavy atom. The van der Waals surface area contributed by atoms with Crippen molar-refractivity contribution in [2.75, 3.05) is 20.2 Å². The molecule has 3 heterocycles. The van der Waals surface area contributed by atoms with Crippen LogP contribution in [0.1, 0.15) is 56.5 Å². The maximum absolute atomic E-state index is 13.6. The zero-order chi connectivity index (χ0) is 26.5. The van der Waals surface area contributed by atoms with Crippen LogP contribution in [-0.4, -0.2) is 51.4 Å². The number of aromatic nitrogens is 2. The summed E-state index contributed by atoms with van der Waals surface area (Å²) in [5, 5.41) is 0. The van der Waals surface area contributed by atoms with Gasteiger partial charge < -0.3 is 14.2 Å². The van der Waals surface area contributed by atoms with Crippen molar-refractivity contribution in [1.82, 2.24) is 19.4 Å². The smallest absolute Gasteiger partial charge is 0.279 e. The number of rotatable bonds is 5. The number of halogens is 1. The summed E-state index contributed by atoms with van der Waals surface area (Å²) in [4.78, 5) is 26.6. The lowest BCUT2D eigenvalue weighted by Crippen LogP contribution is -2.43. The van der Waals surface area contributed by atoms with Gasteiger partial charge in [0.1, 0.15) is 17.3 Å². The zero-order valence-electron chi connectivity index (χ0n) is 22.1. The van der Waals surface area contributed by atoms with Crippen molar-refractivity contribution in [3.8, 4) is 11.4 Å². The number of benzene rings is 2. The number of nitrogens with zero attached hydrogens (tertiary/aromatic N) is 5. The van der Waals surface area contributed by atoms with E-state index >= 15 is 0 Å². The Morgan fingerprint density at radius 3 is 2.41 bits per heavy atom. The van der Waals surface area contributed by atoms with Crippen molar-refractivity contribution in [3.05, 3.63) is 83.3 Å². The van der Waals surface area contributed by atoms with E-state index in [1.807, 2.05) is 56.7 Å². The standard InChI is InChI=1S/C27H28FN5O2.C2H6/c1-18-16-32(17-29-18)24-11-6-20(15-25(24)35-3)14-23-26(34)33(27(30-23)31-12-4-5-13-31)19(2)21-7-9-22(28)10-8-21;1-2/h6-11,14-17,19H,4-5,12-13H2,1-3H3;1-2H3/b23-14-;. The second kappa shape index (κ2) is 11.4. The molecule has 1 saturated heterocycles. The van der Waals surface area contributed by atoms with Gasteiger partial charge in [0.25, 0.3) is 5.91 Å². The molecule has 0 aliphatic carbocycles. The largest absolute Gasteiger partial charge is 0.495 e. The number of amides is 1. The first-order valence-electron chi connectivity index (χ1n) is 12.8. The lowest BCUT2D eigenvalue weighted by atomic mass is 10.1. The molecule has 0 saturated carbocycles. The lowest BCUT2D eigenvalue weighted by Gasteiger charge is -2.30. The first-order chi connectivity index (χ1) is 17.9. The highest BCUT2D eigenvalue weighted by Crippen LogP contribution is 2.32. The van der Waals surface area contributed by atoms with E-state index in [4.69, 9.17) is 9.73 Å². The second-order valence-corrected chi connectivity index (χ2v) is 8.89. The number of imidazole rings is 1. The number of hydrogen-bond acceptors (Lipinski definition) is 5. The van der Waals surface area contributed by atoms with Gasteiger partial charge in [-0.25, -0.2) is 14.4 Å². The van der Waals surface area contributed by atoms with E-state index in [1.54, 1.807) is 36.5 Å². The second-order valence-electron chi connectivity index (χ2n) is 8.89. The van der Waals surface area contributed by atoms with Crippen LogP contribution >= 0.6 is 0 Å². The van der Waals surface area contributed by atoms with Crippen LogP contribution in [0.2, 0.25) is 0 Å². The number of hydrogen-bond donors (Lipinski definition) is 0. The van der Waals surface area contributed by atoms with Crippen LogP contribution < -0.4 is 4.74 Å². The van der Waals surface area contributed by atoms with E-state index in [2.05, 4.69) is 9.88 Å². The van der Waals surface area contributed by atoms with Crippen LogP contribution in [0, 0.1) is 12.7 Å². The molecule has 194 valence electrons. The number of likely N-dealkylation sites (tertiary alicyclic amines) is 1. The van der Waals surface area contributed by atoms with Gasteiger partial charge in [-0.05, 0) is 68.2 Å². The summed E-state index contributed by atoms with van der Waals surface area (Å²) in [6.07, 6.45) is 7.60. The Balaban J connectivity index is 0.00000156. The average Bonchev–Trinajstić information content (AvgIpc) is 3.67. The van der Waals surface area contributed by atoms with Crippen LogP contribution in [-0.2, 0) is 4.79 Å². The zero-order valence-corrected chi connectivity index (χ0v) is 22.1. The van der Waals surface area contributed by atoms with Crippen molar-refractivity contribution < 1.29 is 13.9 Å². The summed E-state index contributed by atoms with van der Waals surface area (Å²) in [6, 6.07) is 11.8. The molecule has 0 bridgehead atoms. The third kappa shape index (κ3) is 5.43. The number of methoxy groups -OCH3 is 1. The first-order valence-corrected chi connectivity index (χ1v) is 12.8. The van der Waals surface area contributed by atoms with Crippen LogP contribution in [0.4, 0.5) is 4.39 Å². The molecular formula is C29H34FN5O2. The van der Waals surface area contributed by atoms with Gasteiger partial charge >= 0.3 is 0 Å². The van der Waals surface area contributed by atoms with Gasteiger partial charge in [0.15, 0.2) is 0 Å². The Bertz CT molecular complexity index is 1310. The fourth-order valence-electron chi connectivity index (χ4n) is 4.61. The molecule has 2 aliphatic rings. The van der Waals surface area contributed by atoms with Crippen LogP contribution in [0.25, 0.3) is 11.8 Å². The number of carbonyl (C=O) groups excluding carboxylic acids is 1. The third-order valence-corrected chi connectivity index (χ3v) is 6.50. The molecule has 0 N–H and O–H groups in total. The monoisotopic (exact) mass is 503 g/mol. The molecule has 1 fully saturated rings. The van der Waals surface area contributed by atoms with Gasteiger partial charge in [0.2, 0.25) is 5.96 Å². The molecular weight excluding hydrogens is 469 g/mol. The minimum Gasteiger partial charge on any atom is -0.495 e. The molecule has 1 aromatic heterocycles. The van der Waals surface area contributed by atoms with E-state index in [9.17, 15) is 9.18 Å². The fraction of sp³-hybridized carbons (Fsp3) is 0.345. The van der Waals surface area contributed by atoms with Gasteiger partial charge in [-0.3, -0.25) is 9.69 Å². The van der Waals surface area contributed by atoms with E-state index in [0.29, 0.717) is 17.4 Å². The van der Waals surface area contributed by atoms with Crippen molar-refractivity contribution in [2.45, 2.75) is 46.6 Å². The van der Waals surface area contributed by atoms with Crippen molar-refractivity contribution in [3.63, 3.8) is 0 Å². The number of guanidine groups is 1. The van der Waals surface area contributed by atoms with E-state index in [1.165, 1.54) is 12.1 Å². The molecule has 1 amide bonds. The Kier molecular flexibility index (Phi) is 8.06. The summed E-state index contributed by atoms with van der Waals surface area (Å²) in [5.41, 5.74) is 3.81. The molecule has 0 spiro atoms. The SMILES string of the molecule is CC.COc1cc(/C=C2\N=C(N3CCCC3)N(C(C)c3ccc(F)cc3)C2=O)ccc1-n1cnc(C)c1. The fourth-order valence-corrected chi connectivity index (χ4v) is 4.61. The Hall–Kier alpha value is -3.94. The molecule has 2 aliphatic heterocycles. The van der Waals surface area contributed by atoms with Crippen molar-refractivity contribution in [1.29, 1.82) is 0 Å². The normalized spacial score (nSPS) is 17.1. The molecule has 3 aromatic rings. The average molecular weight is 504 g/mol.